The Kier molecular flexibility index (Phi) is 5.26. The summed E-state index contributed by atoms with van der Waals surface area (Å²) in [4.78, 5) is 0. The monoisotopic (exact) mass is 313 g/mol. The molecule has 2 aromatic carbocycles. The molecule has 1 atom stereocenters. The van der Waals surface area contributed by atoms with Gasteiger partial charge in [0.15, 0.2) is 0 Å². The molecule has 21 heavy (non-hydrogen) atoms. The van der Waals surface area contributed by atoms with Crippen molar-refractivity contribution in [1.82, 2.24) is 5.32 Å². The fourth-order valence-electron chi connectivity index (χ4n) is 2.15. The minimum Gasteiger partial charge on any atom is -0.306 e. The first kappa shape index (κ1) is 15.9. The zero-order valence-electron chi connectivity index (χ0n) is 11.5. The summed E-state index contributed by atoms with van der Waals surface area (Å²) in [5.74, 6) is -1.86. The van der Waals surface area contributed by atoms with Crippen LogP contribution < -0.4 is 5.32 Å². The molecule has 0 spiro atoms. The molecule has 0 amide bonds. The van der Waals surface area contributed by atoms with Crippen molar-refractivity contribution in [2.75, 3.05) is 6.54 Å². The first-order valence-electron chi connectivity index (χ1n) is 6.66. The van der Waals surface area contributed by atoms with Crippen molar-refractivity contribution in [3.05, 3.63) is 70.0 Å². The average Bonchev–Trinajstić information content (AvgIpc) is 2.45. The highest BCUT2D eigenvalue weighted by Gasteiger charge is 2.22. The topological polar surface area (TPSA) is 12.0 Å². The van der Waals surface area contributed by atoms with E-state index in [1.807, 2.05) is 6.92 Å². The molecule has 2 rings (SSSR count). The zero-order chi connectivity index (χ0) is 15.4. The third-order valence-electron chi connectivity index (χ3n) is 3.16. The molecule has 1 unspecified atom stereocenters. The van der Waals surface area contributed by atoms with E-state index in [2.05, 4.69) is 5.32 Å². The van der Waals surface area contributed by atoms with Crippen LogP contribution in [0.15, 0.2) is 36.4 Å². The first-order valence-corrected chi connectivity index (χ1v) is 7.04. The molecule has 112 valence electrons. The van der Waals surface area contributed by atoms with Crippen molar-refractivity contribution < 1.29 is 13.2 Å². The van der Waals surface area contributed by atoms with Gasteiger partial charge in [-0.2, -0.15) is 0 Å². The third-order valence-corrected chi connectivity index (χ3v) is 3.45. The van der Waals surface area contributed by atoms with Gasteiger partial charge in [-0.05, 0) is 42.8 Å². The van der Waals surface area contributed by atoms with Gasteiger partial charge in [-0.25, -0.2) is 13.2 Å². The fraction of sp³-hybridized carbons (Fsp3) is 0.250. The Labute approximate surface area is 126 Å². The normalized spacial score (nSPS) is 12.4. The number of rotatable bonds is 5. The lowest BCUT2D eigenvalue weighted by Gasteiger charge is -2.21. The Balaban J connectivity index is 2.49. The van der Waals surface area contributed by atoms with Gasteiger partial charge in [0.1, 0.15) is 17.5 Å². The SMILES string of the molecule is CCCNC(c1ccc(F)c(Cl)c1)c1c(F)cccc1F. The highest BCUT2D eigenvalue weighted by molar-refractivity contribution is 6.30. The van der Waals surface area contributed by atoms with Gasteiger partial charge in [-0.3, -0.25) is 0 Å². The summed E-state index contributed by atoms with van der Waals surface area (Å²) in [5.41, 5.74) is 0.424. The van der Waals surface area contributed by atoms with Crippen molar-refractivity contribution >= 4 is 11.6 Å². The Morgan fingerprint density at radius 2 is 1.71 bits per heavy atom. The standard InChI is InChI=1S/C16H15ClF3N/c1-2-8-21-16(10-6-7-12(18)11(17)9-10)15-13(19)4-3-5-14(15)20/h3-7,9,16,21H,2,8H2,1H3. The maximum Gasteiger partial charge on any atom is 0.141 e. The molecule has 2 aromatic rings. The molecule has 0 saturated heterocycles. The van der Waals surface area contributed by atoms with Crippen LogP contribution in [0.3, 0.4) is 0 Å². The van der Waals surface area contributed by atoms with E-state index in [9.17, 15) is 13.2 Å². The van der Waals surface area contributed by atoms with E-state index >= 15 is 0 Å². The summed E-state index contributed by atoms with van der Waals surface area (Å²) in [5, 5.41) is 2.99. The van der Waals surface area contributed by atoms with E-state index in [0.29, 0.717) is 12.1 Å². The summed E-state index contributed by atoms with van der Waals surface area (Å²) in [7, 11) is 0. The molecule has 0 fully saturated rings. The molecule has 0 saturated carbocycles. The second-order valence-electron chi connectivity index (χ2n) is 4.70. The second-order valence-corrected chi connectivity index (χ2v) is 5.10. The molecule has 0 heterocycles. The van der Waals surface area contributed by atoms with Crippen LogP contribution in [0.5, 0.6) is 0 Å². The summed E-state index contributed by atoms with van der Waals surface area (Å²) < 4.78 is 41.3. The van der Waals surface area contributed by atoms with Crippen molar-refractivity contribution in [3.8, 4) is 0 Å². The van der Waals surface area contributed by atoms with E-state index < -0.39 is 23.5 Å². The summed E-state index contributed by atoms with van der Waals surface area (Å²) in [6.07, 6.45) is 0.793. The van der Waals surface area contributed by atoms with Crippen LogP contribution >= 0.6 is 11.6 Å². The highest BCUT2D eigenvalue weighted by Crippen LogP contribution is 2.29. The molecular formula is C16H15ClF3N. The maximum absolute atomic E-state index is 14.0. The van der Waals surface area contributed by atoms with E-state index in [4.69, 9.17) is 11.6 Å². The van der Waals surface area contributed by atoms with Crippen LogP contribution in [0.25, 0.3) is 0 Å². The Bertz CT molecular complexity index is 611. The number of halogens is 4. The van der Waals surface area contributed by atoms with Crippen LogP contribution in [-0.2, 0) is 0 Å². The van der Waals surface area contributed by atoms with E-state index in [-0.39, 0.29) is 10.6 Å². The zero-order valence-corrected chi connectivity index (χ0v) is 12.2. The molecule has 0 radical (unpaired) electrons. The molecule has 0 aliphatic carbocycles. The molecule has 0 aromatic heterocycles. The molecule has 1 nitrogen and oxygen atoms in total. The lowest BCUT2D eigenvalue weighted by molar-refractivity contribution is 0.502. The first-order chi connectivity index (χ1) is 10.0. The van der Waals surface area contributed by atoms with Gasteiger partial charge in [0, 0.05) is 5.56 Å². The van der Waals surface area contributed by atoms with Gasteiger partial charge >= 0.3 is 0 Å². The van der Waals surface area contributed by atoms with Crippen molar-refractivity contribution in [1.29, 1.82) is 0 Å². The van der Waals surface area contributed by atoms with Gasteiger partial charge in [0.05, 0.1) is 11.1 Å². The van der Waals surface area contributed by atoms with Gasteiger partial charge in [0.25, 0.3) is 0 Å². The summed E-state index contributed by atoms with van der Waals surface area (Å²) in [6.45, 7) is 2.51. The van der Waals surface area contributed by atoms with Crippen LogP contribution in [-0.4, -0.2) is 6.54 Å². The van der Waals surface area contributed by atoms with E-state index in [0.717, 1.165) is 6.42 Å². The van der Waals surface area contributed by atoms with Gasteiger partial charge < -0.3 is 5.32 Å². The van der Waals surface area contributed by atoms with Crippen molar-refractivity contribution in [2.24, 2.45) is 0 Å². The maximum atomic E-state index is 14.0. The minimum absolute atomic E-state index is 0.0763. The Morgan fingerprint density at radius 1 is 1.05 bits per heavy atom. The molecular weight excluding hydrogens is 299 g/mol. The second kappa shape index (κ2) is 6.96. The van der Waals surface area contributed by atoms with Crippen LogP contribution in [0.4, 0.5) is 13.2 Å². The Morgan fingerprint density at radius 3 is 2.29 bits per heavy atom. The average molecular weight is 314 g/mol. The lowest BCUT2D eigenvalue weighted by atomic mass is 9.97. The largest absolute Gasteiger partial charge is 0.306 e. The lowest BCUT2D eigenvalue weighted by Crippen LogP contribution is -2.25. The quantitative estimate of drug-likeness (QED) is 0.832. The van der Waals surface area contributed by atoms with Crippen molar-refractivity contribution in [3.63, 3.8) is 0 Å². The predicted molar refractivity (Wildman–Crippen MR) is 77.9 cm³/mol. The van der Waals surface area contributed by atoms with Gasteiger partial charge in [0.2, 0.25) is 0 Å². The molecule has 0 aliphatic heterocycles. The van der Waals surface area contributed by atoms with Crippen molar-refractivity contribution in [2.45, 2.75) is 19.4 Å². The van der Waals surface area contributed by atoms with E-state index in [1.165, 1.54) is 36.4 Å². The molecule has 0 aliphatic rings. The number of nitrogens with one attached hydrogen (secondary N) is 1. The smallest absolute Gasteiger partial charge is 0.141 e. The van der Waals surface area contributed by atoms with Crippen LogP contribution in [0, 0.1) is 17.5 Å². The number of hydrogen-bond acceptors (Lipinski definition) is 1. The number of hydrogen-bond donors (Lipinski definition) is 1. The minimum atomic E-state index is -0.718. The van der Waals surface area contributed by atoms with Gasteiger partial charge in [-0.15, -0.1) is 0 Å². The van der Waals surface area contributed by atoms with Gasteiger partial charge in [-0.1, -0.05) is 30.7 Å². The van der Waals surface area contributed by atoms with Crippen LogP contribution in [0.1, 0.15) is 30.5 Å². The molecule has 1 N–H and O–H groups in total. The molecule has 0 bridgehead atoms. The summed E-state index contributed by atoms with van der Waals surface area (Å²) >= 11 is 5.77. The number of benzene rings is 2. The third kappa shape index (κ3) is 3.57. The van der Waals surface area contributed by atoms with E-state index in [1.54, 1.807) is 0 Å². The Hall–Kier alpha value is -1.52. The predicted octanol–water partition coefficient (Wildman–Crippen LogP) is 4.85. The van der Waals surface area contributed by atoms with Crippen LogP contribution in [0.2, 0.25) is 5.02 Å². The summed E-state index contributed by atoms with van der Waals surface area (Å²) in [6, 6.07) is 7.04. The highest BCUT2D eigenvalue weighted by atomic mass is 35.5. The fourth-order valence-corrected chi connectivity index (χ4v) is 2.34. The molecule has 5 heteroatoms.